The van der Waals surface area contributed by atoms with Crippen LogP contribution in [0, 0.1) is 0 Å². The summed E-state index contributed by atoms with van der Waals surface area (Å²) < 4.78 is 2.55. The molecule has 0 saturated carbocycles. The summed E-state index contributed by atoms with van der Waals surface area (Å²) in [4.78, 5) is 39.5. The lowest BCUT2D eigenvalue weighted by Gasteiger charge is -2.26. The lowest BCUT2D eigenvalue weighted by atomic mass is 10.2. The van der Waals surface area contributed by atoms with Crippen LogP contribution in [-0.2, 0) is 25.4 Å². The first-order valence-electron chi connectivity index (χ1n) is 7.04. The Bertz CT molecular complexity index is 659. The number of aromatic nitrogens is 2. The molecule has 0 radical (unpaired) electrons. The van der Waals surface area contributed by atoms with Crippen LogP contribution in [0.15, 0.2) is 15.7 Å². The molecule has 1 atom stereocenters. The summed E-state index contributed by atoms with van der Waals surface area (Å²) in [5.41, 5.74) is -0.0171. The maximum Gasteiger partial charge on any atom is 0.330 e. The van der Waals surface area contributed by atoms with Crippen molar-refractivity contribution in [1.29, 1.82) is 0 Å². The van der Waals surface area contributed by atoms with Crippen LogP contribution in [0.4, 0.5) is 0 Å². The van der Waals surface area contributed by atoms with Gasteiger partial charge in [0.1, 0.15) is 0 Å². The molecule has 1 unspecified atom stereocenters. The number of carbonyl (C=O) groups is 1. The molecule has 0 aliphatic carbocycles. The summed E-state index contributed by atoms with van der Waals surface area (Å²) in [7, 11) is 6.60. The van der Waals surface area contributed by atoms with E-state index in [0.717, 1.165) is 24.0 Å². The second-order valence-electron chi connectivity index (χ2n) is 5.74. The Morgan fingerprint density at radius 1 is 1.29 bits per heavy atom. The third kappa shape index (κ3) is 2.92. The van der Waals surface area contributed by atoms with Gasteiger partial charge in [-0.3, -0.25) is 23.6 Å². The summed E-state index contributed by atoms with van der Waals surface area (Å²) in [6, 6.07) is 1.30. The summed E-state index contributed by atoms with van der Waals surface area (Å²) in [5, 5.41) is 0. The first kappa shape index (κ1) is 15.5. The van der Waals surface area contributed by atoms with E-state index < -0.39 is 0 Å². The zero-order valence-electron chi connectivity index (χ0n) is 13.0. The first-order valence-corrected chi connectivity index (χ1v) is 7.04. The quantitative estimate of drug-likeness (QED) is 0.727. The fourth-order valence-electron chi connectivity index (χ4n) is 2.73. The van der Waals surface area contributed by atoms with Gasteiger partial charge in [-0.2, -0.15) is 0 Å². The Morgan fingerprint density at radius 3 is 2.57 bits per heavy atom. The Balaban J connectivity index is 2.28. The second-order valence-corrected chi connectivity index (χ2v) is 5.74. The van der Waals surface area contributed by atoms with E-state index >= 15 is 0 Å². The van der Waals surface area contributed by atoms with Crippen LogP contribution in [0.25, 0.3) is 0 Å². The van der Waals surface area contributed by atoms with Gasteiger partial charge in [-0.15, -0.1) is 0 Å². The third-order valence-corrected chi connectivity index (χ3v) is 4.08. The normalized spacial score (nSPS) is 19.0. The van der Waals surface area contributed by atoms with Gasteiger partial charge >= 0.3 is 5.69 Å². The molecule has 1 amide bonds. The number of hydrogen-bond acceptors (Lipinski definition) is 4. The lowest BCUT2D eigenvalue weighted by Crippen LogP contribution is -2.44. The van der Waals surface area contributed by atoms with E-state index in [0.29, 0.717) is 12.2 Å². The van der Waals surface area contributed by atoms with Crippen molar-refractivity contribution >= 4 is 5.91 Å². The molecule has 1 aliphatic rings. The summed E-state index contributed by atoms with van der Waals surface area (Å²) in [6.45, 7) is 1.24. The molecule has 0 N–H and O–H groups in total. The fraction of sp³-hybridized carbons (Fsp3) is 0.643. The van der Waals surface area contributed by atoms with Crippen molar-refractivity contribution < 1.29 is 4.79 Å². The van der Waals surface area contributed by atoms with Gasteiger partial charge < -0.3 is 4.90 Å². The molecule has 0 aromatic carbocycles. The van der Waals surface area contributed by atoms with E-state index in [1.807, 2.05) is 4.90 Å². The molecule has 7 heteroatoms. The topological polar surface area (TPSA) is 67.6 Å². The molecule has 2 rings (SSSR count). The third-order valence-electron chi connectivity index (χ3n) is 4.08. The van der Waals surface area contributed by atoms with E-state index in [2.05, 4.69) is 0 Å². The first-order chi connectivity index (χ1) is 9.82. The van der Waals surface area contributed by atoms with E-state index in [-0.39, 0.29) is 23.2 Å². The van der Waals surface area contributed by atoms with Crippen LogP contribution in [0.3, 0.4) is 0 Å². The van der Waals surface area contributed by atoms with E-state index in [1.165, 1.54) is 17.7 Å². The van der Waals surface area contributed by atoms with Crippen molar-refractivity contribution in [3.63, 3.8) is 0 Å². The molecular formula is C14H22N4O3. The molecule has 116 valence electrons. The number of likely N-dealkylation sites (N-methyl/N-ethyl adjacent to an activating group) is 1. The number of carbonyl (C=O) groups excluding carboxylic acids is 1. The van der Waals surface area contributed by atoms with Crippen LogP contribution in [0.2, 0.25) is 0 Å². The average molecular weight is 294 g/mol. The molecule has 1 saturated heterocycles. The highest BCUT2D eigenvalue weighted by Gasteiger charge is 2.32. The molecule has 1 aromatic rings. The highest BCUT2D eigenvalue weighted by Crippen LogP contribution is 2.20. The molecule has 2 heterocycles. The van der Waals surface area contributed by atoms with E-state index in [4.69, 9.17) is 0 Å². The van der Waals surface area contributed by atoms with Crippen LogP contribution < -0.4 is 11.2 Å². The predicted octanol–water partition coefficient (Wildman–Crippen LogP) is -0.863. The van der Waals surface area contributed by atoms with Gasteiger partial charge in [0.05, 0.1) is 6.04 Å². The molecule has 7 nitrogen and oxygen atoms in total. The molecule has 1 aliphatic heterocycles. The Labute approximate surface area is 123 Å². The number of likely N-dealkylation sites (tertiary alicyclic amines) is 1. The number of hydrogen-bond donors (Lipinski definition) is 0. The average Bonchev–Trinajstić information content (AvgIpc) is 2.89. The summed E-state index contributed by atoms with van der Waals surface area (Å²) in [5.74, 6) is 0.0707. The van der Waals surface area contributed by atoms with Gasteiger partial charge in [0, 0.05) is 46.5 Å². The highest BCUT2D eigenvalue weighted by molar-refractivity contribution is 5.81. The van der Waals surface area contributed by atoms with Gasteiger partial charge in [0.15, 0.2) is 0 Å². The SMILES string of the molecule is CN(C)C(=O)C1CCCN1Cc1cc(=O)n(C)c(=O)n1C. The molecule has 0 spiro atoms. The smallest absolute Gasteiger partial charge is 0.330 e. The van der Waals surface area contributed by atoms with Crippen LogP contribution in [0.1, 0.15) is 18.5 Å². The predicted molar refractivity (Wildman–Crippen MR) is 79.1 cm³/mol. The van der Waals surface area contributed by atoms with Crippen molar-refractivity contribution in [2.75, 3.05) is 20.6 Å². The Morgan fingerprint density at radius 2 is 1.95 bits per heavy atom. The minimum absolute atomic E-state index is 0.0707. The van der Waals surface area contributed by atoms with Crippen molar-refractivity contribution in [2.24, 2.45) is 14.1 Å². The zero-order chi connectivity index (χ0) is 15.7. The van der Waals surface area contributed by atoms with Crippen molar-refractivity contribution in [3.05, 3.63) is 32.6 Å². The summed E-state index contributed by atoms with van der Waals surface area (Å²) >= 11 is 0. The fourth-order valence-corrected chi connectivity index (χ4v) is 2.73. The monoisotopic (exact) mass is 294 g/mol. The minimum Gasteiger partial charge on any atom is -0.347 e. The number of amides is 1. The molecule has 1 fully saturated rings. The van der Waals surface area contributed by atoms with Crippen molar-refractivity contribution in [2.45, 2.75) is 25.4 Å². The maximum absolute atomic E-state index is 12.2. The maximum atomic E-state index is 12.2. The number of rotatable bonds is 3. The van der Waals surface area contributed by atoms with Gasteiger partial charge in [-0.25, -0.2) is 4.79 Å². The second kappa shape index (κ2) is 5.85. The zero-order valence-corrected chi connectivity index (χ0v) is 13.0. The van der Waals surface area contributed by atoms with Gasteiger partial charge in [0.2, 0.25) is 5.91 Å². The van der Waals surface area contributed by atoms with Gasteiger partial charge in [0.25, 0.3) is 5.56 Å². The van der Waals surface area contributed by atoms with Crippen LogP contribution in [-0.4, -0.2) is 51.5 Å². The van der Waals surface area contributed by atoms with Gasteiger partial charge in [-0.05, 0) is 19.4 Å². The van der Waals surface area contributed by atoms with Gasteiger partial charge in [-0.1, -0.05) is 0 Å². The van der Waals surface area contributed by atoms with Crippen molar-refractivity contribution in [3.8, 4) is 0 Å². The molecule has 1 aromatic heterocycles. The lowest BCUT2D eigenvalue weighted by molar-refractivity contribution is -0.133. The van der Waals surface area contributed by atoms with E-state index in [1.54, 1.807) is 26.0 Å². The highest BCUT2D eigenvalue weighted by atomic mass is 16.2. The largest absolute Gasteiger partial charge is 0.347 e. The molecular weight excluding hydrogens is 272 g/mol. The Hall–Kier alpha value is -1.89. The molecule has 0 bridgehead atoms. The Kier molecular flexibility index (Phi) is 4.32. The van der Waals surface area contributed by atoms with E-state index in [9.17, 15) is 14.4 Å². The molecule has 21 heavy (non-hydrogen) atoms. The summed E-state index contributed by atoms with van der Waals surface area (Å²) in [6.07, 6.45) is 1.76. The van der Waals surface area contributed by atoms with Crippen molar-refractivity contribution in [1.82, 2.24) is 18.9 Å². The standard InChI is InChI=1S/C14H22N4O3/c1-15(2)13(20)11-6-5-7-18(11)9-10-8-12(19)17(4)14(21)16(10)3/h8,11H,5-7,9H2,1-4H3. The van der Waals surface area contributed by atoms with Crippen LogP contribution in [0.5, 0.6) is 0 Å². The van der Waals surface area contributed by atoms with Crippen LogP contribution >= 0.6 is 0 Å². The minimum atomic E-state index is -0.341. The number of nitrogens with zero attached hydrogens (tertiary/aromatic N) is 4.